The van der Waals surface area contributed by atoms with Gasteiger partial charge in [-0.15, -0.1) is 0 Å². The Morgan fingerprint density at radius 1 is 1.57 bits per heavy atom. The second kappa shape index (κ2) is 4.16. The molecular weight excluding hydrogens is 176 g/mol. The monoisotopic (exact) mass is 196 g/mol. The predicted molar refractivity (Wildman–Crippen MR) is 56.9 cm³/mol. The van der Waals surface area contributed by atoms with E-state index in [-0.39, 0.29) is 17.5 Å². The molecule has 0 aromatic heterocycles. The highest BCUT2D eigenvalue weighted by molar-refractivity contribution is 5.73. The Hall–Kier alpha value is -0.790. The van der Waals surface area contributed by atoms with E-state index in [9.17, 15) is 4.79 Å². The lowest BCUT2D eigenvalue weighted by Gasteiger charge is -2.33. The Labute approximate surface area is 86.3 Å². The predicted octanol–water partition coefficient (Wildman–Crippen LogP) is 3.07. The Bertz CT molecular complexity index is 247. The molecule has 2 heteroatoms. The van der Waals surface area contributed by atoms with E-state index in [1.165, 1.54) is 5.57 Å². The minimum atomic E-state index is -0.251. The van der Waals surface area contributed by atoms with Gasteiger partial charge in [-0.3, -0.25) is 4.79 Å². The zero-order valence-electron chi connectivity index (χ0n) is 9.59. The molecule has 0 aliphatic carbocycles. The molecule has 0 aromatic rings. The first-order valence-electron chi connectivity index (χ1n) is 5.27. The van der Waals surface area contributed by atoms with Crippen LogP contribution in [0.3, 0.4) is 0 Å². The summed E-state index contributed by atoms with van der Waals surface area (Å²) >= 11 is 0. The molecule has 1 fully saturated rings. The van der Waals surface area contributed by atoms with Gasteiger partial charge in [0.2, 0.25) is 0 Å². The van der Waals surface area contributed by atoms with E-state index in [1.54, 1.807) is 0 Å². The molecule has 0 spiro atoms. The molecule has 0 aromatic carbocycles. The second-order valence-electron chi connectivity index (χ2n) is 4.93. The topological polar surface area (TPSA) is 26.3 Å². The van der Waals surface area contributed by atoms with Crippen LogP contribution in [0.4, 0.5) is 0 Å². The van der Waals surface area contributed by atoms with Gasteiger partial charge in [0.15, 0.2) is 0 Å². The largest absolute Gasteiger partial charge is 0.459 e. The normalized spacial score (nSPS) is 25.4. The maximum atomic E-state index is 11.6. The molecule has 1 saturated heterocycles. The lowest BCUT2D eigenvalue weighted by molar-refractivity contribution is -0.169. The maximum absolute atomic E-state index is 11.6. The van der Waals surface area contributed by atoms with Gasteiger partial charge < -0.3 is 4.74 Å². The van der Waals surface area contributed by atoms with Crippen molar-refractivity contribution in [3.05, 3.63) is 11.6 Å². The van der Waals surface area contributed by atoms with E-state index in [0.29, 0.717) is 0 Å². The van der Waals surface area contributed by atoms with Crippen molar-refractivity contribution in [3.63, 3.8) is 0 Å². The van der Waals surface area contributed by atoms with Crippen LogP contribution in [0.1, 0.15) is 47.0 Å². The van der Waals surface area contributed by atoms with E-state index < -0.39 is 0 Å². The molecule has 0 radical (unpaired) electrons. The molecule has 2 nitrogen and oxygen atoms in total. The quantitative estimate of drug-likeness (QED) is 0.501. The van der Waals surface area contributed by atoms with Crippen LogP contribution in [-0.2, 0) is 9.53 Å². The molecule has 0 saturated carbocycles. The summed E-state index contributed by atoms with van der Waals surface area (Å²) in [6.45, 7) is 8.06. The van der Waals surface area contributed by atoms with Crippen molar-refractivity contribution < 1.29 is 9.53 Å². The lowest BCUT2D eigenvalue weighted by atomic mass is 9.89. The highest BCUT2D eigenvalue weighted by Crippen LogP contribution is 2.30. The highest BCUT2D eigenvalue weighted by atomic mass is 16.6. The Kier molecular flexibility index (Phi) is 3.35. The summed E-state index contributed by atoms with van der Waals surface area (Å²) in [6, 6.07) is 0. The summed E-state index contributed by atoms with van der Waals surface area (Å²) in [5, 5.41) is 0. The van der Waals surface area contributed by atoms with Crippen LogP contribution in [0.2, 0.25) is 0 Å². The number of rotatable bonds is 2. The van der Waals surface area contributed by atoms with Crippen molar-refractivity contribution in [2.75, 3.05) is 0 Å². The zero-order valence-corrected chi connectivity index (χ0v) is 9.59. The van der Waals surface area contributed by atoms with Crippen molar-refractivity contribution in [1.29, 1.82) is 0 Å². The molecule has 0 amide bonds. The molecule has 80 valence electrons. The number of cyclic esters (lactones) is 1. The molecular formula is C12H20O2. The third-order valence-corrected chi connectivity index (χ3v) is 2.62. The minimum Gasteiger partial charge on any atom is -0.459 e. The Morgan fingerprint density at radius 3 is 2.71 bits per heavy atom. The third kappa shape index (κ3) is 3.17. The molecule has 1 heterocycles. The van der Waals surface area contributed by atoms with Gasteiger partial charge in [0, 0.05) is 0 Å². The summed E-state index contributed by atoms with van der Waals surface area (Å²) < 4.78 is 5.35. The SMILES string of the molecule is CC(C)=CC[C@H]1CCC(C)(C)OC1=O. The first kappa shape index (κ1) is 11.3. The number of hydrogen-bond acceptors (Lipinski definition) is 2. The summed E-state index contributed by atoms with van der Waals surface area (Å²) in [5.41, 5.74) is 1.01. The molecule has 0 N–H and O–H groups in total. The fourth-order valence-corrected chi connectivity index (χ4v) is 1.64. The van der Waals surface area contributed by atoms with Crippen molar-refractivity contribution >= 4 is 5.97 Å². The van der Waals surface area contributed by atoms with E-state index in [1.807, 2.05) is 13.8 Å². The molecule has 0 unspecified atom stereocenters. The van der Waals surface area contributed by atoms with Gasteiger partial charge >= 0.3 is 5.97 Å². The van der Waals surface area contributed by atoms with Gasteiger partial charge in [0.1, 0.15) is 5.60 Å². The molecule has 14 heavy (non-hydrogen) atoms. The zero-order chi connectivity index (χ0) is 10.8. The van der Waals surface area contributed by atoms with E-state index in [4.69, 9.17) is 4.74 Å². The lowest BCUT2D eigenvalue weighted by Crippen LogP contribution is -2.37. The second-order valence-corrected chi connectivity index (χ2v) is 4.93. The summed E-state index contributed by atoms with van der Waals surface area (Å²) in [7, 11) is 0. The molecule has 0 bridgehead atoms. The summed E-state index contributed by atoms with van der Waals surface area (Å²) in [6.07, 6.45) is 4.87. The average molecular weight is 196 g/mol. The number of hydrogen-bond donors (Lipinski definition) is 0. The smallest absolute Gasteiger partial charge is 0.309 e. The van der Waals surface area contributed by atoms with E-state index in [2.05, 4.69) is 19.9 Å². The number of ether oxygens (including phenoxy) is 1. The number of esters is 1. The summed E-state index contributed by atoms with van der Waals surface area (Å²) in [4.78, 5) is 11.6. The van der Waals surface area contributed by atoms with Gasteiger partial charge in [-0.2, -0.15) is 0 Å². The number of carbonyl (C=O) groups excluding carboxylic acids is 1. The first-order valence-corrected chi connectivity index (χ1v) is 5.27. The summed E-state index contributed by atoms with van der Waals surface area (Å²) in [5.74, 6) is 0.0525. The van der Waals surface area contributed by atoms with Crippen molar-refractivity contribution in [1.82, 2.24) is 0 Å². The van der Waals surface area contributed by atoms with Crippen LogP contribution >= 0.6 is 0 Å². The van der Waals surface area contributed by atoms with Crippen LogP contribution in [0.25, 0.3) is 0 Å². The number of carbonyl (C=O) groups is 1. The van der Waals surface area contributed by atoms with Crippen molar-refractivity contribution in [2.45, 2.75) is 52.6 Å². The van der Waals surface area contributed by atoms with Gasteiger partial charge in [-0.25, -0.2) is 0 Å². The fourth-order valence-electron chi connectivity index (χ4n) is 1.64. The average Bonchev–Trinajstić information content (AvgIpc) is 2.00. The first-order chi connectivity index (χ1) is 6.41. The van der Waals surface area contributed by atoms with Gasteiger partial charge in [-0.1, -0.05) is 11.6 Å². The van der Waals surface area contributed by atoms with Gasteiger partial charge in [-0.05, 0) is 47.0 Å². The molecule has 1 rings (SSSR count). The van der Waals surface area contributed by atoms with E-state index >= 15 is 0 Å². The third-order valence-electron chi connectivity index (χ3n) is 2.62. The standard InChI is InChI=1S/C12H20O2/c1-9(2)5-6-10-7-8-12(3,4)14-11(10)13/h5,10H,6-8H2,1-4H3/t10-/m0/s1. The fraction of sp³-hybridized carbons (Fsp3) is 0.750. The van der Waals surface area contributed by atoms with Gasteiger partial charge in [0.25, 0.3) is 0 Å². The van der Waals surface area contributed by atoms with Crippen LogP contribution in [0.15, 0.2) is 11.6 Å². The van der Waals surface area contributed by atoms with Crippen LogP contribution in [-0.4, -0.2) is 11.6 Å². The Morgan fingerprint density at radius 2 is 2.21 bits per heavy atom. The minimum absolute atomic E-state index is 0.0289. The van der Waals surface area contributed by atoms with Crippen molar-refractivity contribution in [2.24, 2.45) is 5.92 Å². The van der Waals surface area contributed by atoms with Crippen LogP contribution < -0.4 is 0 Å². The molecule has 1 aliphatic rings. The molecule has 1 aliphatic heterocycles. The maximum Gasteiger partial charge on any atom is 0.309 e. The molecule has 1 atom stereocenters. The number of allylic oxidation sites excluding steroid dienone is 2. The Balaban J connectivity index is 2.51. The van der Waals surface area contributed by atoms with Crippen molar-refractivity contribution in [3.8, 4) is 0 Å². The van der Waals surface area contributed by atoms with E-state index in [0.717, 1.165) is 19.3 Å². The van der Waals surface area contributed by atoms with Crippen LogP contribution in [0.5, 0.6) is 0 Å². The van der Waals surface area contributed by atoms with Gasteiger partial charge in [0.05, 0.1) is 5.92 Å². The van der Waals surface area contributed by atoms with Crippen LogP contribution in [0, 0.1) is 5.92 Å². The highest BCUT2D eigenvalue weighted by Gasteiger charge is 2.33.